The highest BCUT2D eigenvalue weighted by molar-refractivity contribution is 5.26. The molecule has 0 aromatic heterocycles. The van der Waals surface area contributed by atoms with Crippen LogP contribution in [0.5, 0.6) is 5.75 Å². The highest BCUT2D eigenvalue weighted by Crippen LogP contribution is 2.23. The molecule has 1 heterocycles. The van der Waals surface area contributed by atoms with Crippen molar-refractivity contribution < 1.29 is 29.5 Å². The second-order valence-corrected chi connectivity index (χ2v) is 4.84. The van der Waals surface area contributed by atoms with Crippen molar-refractivity contribution in [2.24, 2.45) is 0 Å². The molecule has 0 saturated carbocycles. The van der Waals surface area contributed by atoms with E-state index < -0.39 is 30.7 Å². The van der Waals surface area contributed by atoms with Gasteiger partial charge in [-0.25, -0.2) is 0 Å². The summed E-state index contributed by atoms with van der Waals surface area (Å²) in [5, 5.41) is 28.9. The van der Waals surface area contributed by atoms with Gasteiger partial charge in [0.15, 0.2) is 6.29 Å². The van der Waals surface area contributed by atoms with E-state index in [0.29, 0.717) is 0 Å². The molecule has 1 aliphatic heterocycles. The molecule has 1 fully saturated rings. The van der Waals surface area contributed by atoms with Crippen LogP contribution in [0.3, 0.4) is 0 Å². The van der Waals surface area contributed by atoms with Crippen LogP contribution in [0.4, 0.5) is 0 Å². The zero-order chi connectivity index (χ0) is 14.7. The molecular formula is C14H20O6. The molecule has 6 heteroatoms. The number of aliphatic hydroxyl groups excluding tert-OH is 3. The van der Waals surface area contributed by atoms with Gasteiger partial charge in [0.1, 0.15) is 24.1 Å². The van der Waals surface area contributed by atoms with Gasteiger partial charge in [-0.2, -0.15) is 0 Å². The summed E-state index contributed by atoms with van der Waals surface area (Å²) in [4.78, 5) is 0. The van der Waals surface area contributed by atoms with Gasteiger partial charge >= 0.3 is 0 Å². The van der Waals surface area contributed by atoms with Gasteiger partial charge in [0.25, 0.3) is 0 Å². The quantitative estimate of drug-likeness (QED) is 0.723. The van der Waals surface area contributed by atoms with Gasteiger partial charge in [0.05, 0.1) is 19.8 Å². The zero-order valence-electron chi connectivity index (χ0n) is 11.5. The minimum atomic E-state index is -1.39. The second kappa shape index (κ2) is 6.51. The number of benzene rings is 1. The van der Waals surface area contributed by atoms with Crippen LogP contribution in [0, 0.1) is 0 Å². The lowest BCUT2D eigenvalue weighted by molar-refractivity contribution is -0.287. The summed E-state index contributed by atoms with van der Waals surface area (Å²) in [5.74, 6) is 0.752. The number of rotatable bonds is 4. The summed E-state index contributed by atoms with van der Waals surface area (Å²) in [7, 11) is 1.59. The van der Waals surface area contributed by atoms with E-state index in [-0.39, 0.29) is 6.61 Å². The van der Waals surface area contributed by atoms with Gasteiger partial charge in [-0.05, 0) is 24.6 Å². The van der Waals surface area contributed by atoms with Crippen molar-refractivity contribution in [1.82, 2.24) is 0 Å². The minimum Gasteiger partial charge on any atom is -0.497 e. The fourth-order valence-corrected chi connectivity index (χ4v) is 2.17. The Kier molecular flexibility index (Phi) is 4.95. The van der Waals surface area contributed by atoms with Crippen LogP contribution in [-0.4, -0.2) is 53.1 Å². The van der Waals surface area contributed by atoms with Crippen LogP contribution in [0.2, 0.25) is 0 Å². The number of aliphatic hydroxyl groups is 3. The van der Waals surface area contributed by atoms with Crippen molar-refractivity contribution in [1.29, 1.82) is 0 Å². The Morgan fingerprint density at radius 2 is 1.75 bits per heavy atom. The maximum Gasteiger partial charge on any atom is 0.183 e. The van der Waals surface area contributed by atoms with Crippen LogP contribution >= 0.6 is 0 Å². The molecule has 0 spiro atoms. The summed E-state index contributed by atoms with van der Waals surface area (Å²) in [6, 6.07) is 7.33. The fraction of sp³-hybridized carbons (Fsp3) is 0.571. The standard InChI is InChI=1S/C14H20O6/c1-8-13(11(15)12(16)14(17)20-8)19-7-9-3-5-10(18-2)6-4-9/h3-6,8,11-17H,7H2,1-2H3/t8-,11-,12+,13-,14+/m0/s1. The van der Waals surface area contributed by atoms with Gasteiger partial charge in [0, 0.05) is 0 Å². The highest BCUT2D eigenvalue weighted by Gasteiger charge is 2.42. The predicted octanol–water partition coefficient (Wildman–Crippen LogP) is 0.0393. The third-order valence-electron chi connectivity index (χ3n) is 3.40. The fourth-order valence-electron chi connectivity index (χ4n) is 2.17. The average Bonchev–Trinajstić information content (AvgIpc) is 2.45. The van der Waals surface area contributed by atoms with E-state index in [1.165, 1.54) is 0 Å². The first-order valence-electron chi connectivity index (χ1n) is 6.47. The molecule has 0 aliphatic carbocycles. The molecule has 3 N–H and O–H groups in total. The Bertz CT molecular complexity index is 420. The third kappa shape index (κ3) is 3.28. The maximum absolute atomic E-state index is 9.90. The van der Waals surface area contributed by atoms with Crippen LogP contribution in [-0.2, 0) is 16.1 Å². The van der Waals surface area contributed by atoms with E-state index in [0.717, 1.165) is 11.3 Å². The number of methoxy groups -OCH3 is 1. The van der Waals surface area contributed by atoms with Gasteiger partial charge in [-0.3, -0.25) is 0 Å². The van der Waals surface area contributed by atoms with E-state index in [9.17, 15) is 15.3 Å². The number of hydrogen-bond acceptors (Lipinski definition) is 6. The summed E-state index contributed by atoms with van der Waals surface area (Å²) in [6.07, 6.45) is -5.16. The average molecular weight is 284 g/mol. The zero-order valence-corrected chi connectivity index (χ0v) is 11.5. The molecule has 5 atom stereocenters. The minimum absolute atomic E-state index is 0.266. The normalized spacial score (nSPS) is 34.0. The molecule has 0 unspecified atom stereocenters. The SMILES string of the molecule is COc1ccc(CO[C@@H]2[C@@H](O)[C@@H](O)[C@H](O)O[C@H]2C)cc1. The van der Waals surface area contributed by atoms with Crippen molar-refractivity contribution in [2.75, 3.05) is 7.11 Å². The molecule has 1 aromatic carbocycles. The lowest BCUT2D eigenvalue weighted by atomic mass is 10.00. The van der Waals surface area contributed by atoms with Crippen molar-refractivity contribution in [3.05, 3.63) is 29.8 Å². The van der Waals surface area contributed by atoms with E-state index >= 15 is 0 Å². The number of hydrogen-bond donors (Lipinski definition) is 3. The second-order valence-electron chi connectivity index (χ2n) is 4.84. The van der Waals surface area contributed by atoms with E-state index in [4.69, 9.17) is 14.2 Å². The summed E-state index contributed by atoms with van der Waals surface area (Å²) >= 11 is 0. The first kappa shape index (κ1) is 15.2. The van der Waals surface area contributed by atoms with Crippen LogP contribution in [0.15, 0.2) is 24.3 Å². The van der Waals surface area contributed by atoms with E-state index in [2.05, 4.69) is 0 Å². The maximum atomic E-state index is 9.90. The first-order valence-corrected chi connectivity index (χ1v) is 6.47. The molecule has 1 aromatic rings. The van der Waals surface area contributed by atoms with Crippen LogP contribution in [0.1, 0.15) is 12.5 Å². The lowest BCUT2D eigenvalue weighted by Gasteiger charge is -2.39. The van der Waals surface area contributed by atoms with Gasteiger partial charge < -0.3 is 29.5 Å². The first-order chi connectivity index (χ1) is 9.52. The molecule has 2 rings (SSSR count). The molecule has 6 nitrogen and oxygen atoms in total. The van der Waals surface area contributed by atoms with Gasteiger partial charge in [-0.1, -0.05) is 12.1 Å². The largest absolute Gasteiger partial charge is 0.497 e. The Hall–Kier alpha value is -1.18. The van der Waals surface area contributed by atoms with E-state index in [1.807, 2.05) is 24.3 Å². The number of ether oxygens (including phenoxy) is 3. The monoisotopic (exact) mass is 284 g/mol. The Morgan fingerprint density at radius 1 is 1.10 bits per heavy atom. The Labute approximate surface area is 117 Å². The van der Waals surface area contributed by atoms with Gasteiger partial charge in [-0.15, -0.1) is 0 Å². The Morgan fingerprint density at radius 3 is 2.35 bits per heavy atom. The summed E-state index contributed by atoms with van der Waals surface area (Å²) in [6.45, 7) is 1.94. The van der Waals surface area contributed by atoms with Crippen molar-refractivity contribution in [3.63, 3.8) is 0 Å². The summed E-state index contributed by atoms with van der Waals surface area (Å²) in [5.41, 5.74) is 0.908. The van der Waals surface area contributed by atoms with Crippen LogP contribution < -0.4 is 4.74 Å². The smallest absolute Gasteiger partial charge is 0.183 e. The molecule has 0 amide bonds. The molecule has 0 radical (unpaired) electrons. The van der Waals surface area contributed by atoms with Gasteiger partial charge in [0.2, 0.25) is 0 Å². The predicted molar refractivity (Wildman–Crippen MR) is 70.1 cm³/mol. The molecular weight excluding hydrogens is 264 g/mol. The third-order valence-corrected chi connectivity index (χ3v) is 3.40. The van der Waals surface area contributed by atoms with Crippen LogP contribution in [0.25, 0.3) is 0 Å². The van der Waals surface area contributed by atoms with Crippen molar-refractivity contribution in [3.8, 4) is 5.75 Å². The lowest BCUT2D eigenvalue weighted by Crippen LogP contribution is -2.57. The molecule has 112 valence electrons. The van der Waals surface area contributed by atoms with Crippen molar-refractivity contribution in [2.45, 2.75) is 44.2 Å². The topological polar surface area (TPSA) is 88.4 Å². The Balaban J connectivity index is 1.94. The molecule has 0 bridgehead atoms. The summed E-state index contributed by atoms with van der Waals surface area (Å²) < 4.78 is 15.8. The molecule has 1 saturated heterocycles. The molecule has 1 aliphatic rings. The molecule has 20 heavy (non-hydrogen) atoms. The van der Waals surface area contributed by atoms with E-state index in [1.54, 1.807) is 14.0 Å². The highest BCUT2D eigenvalue weighted by atomic mass is 16.6. The van der Waals surface area contributed by atoms with Crippen molar-refractivity contribution >= 4 is 0 Å².